The van der Waals surface area contributed by atoms with E-state index < -0.39 is 0 Å². The number of benzene rings is 1. The first-order chi connectivity index (χ1) is 14.1. The second-order valence-corrected chi connectivity index (χ2v) is 8.19. The molecule has 6 nitrogen and oxygen atoms in total. The van der Waals surface area contributed by atoms with Crippen LogP contribution in [0.25, 0.3) is 0 Å². The lowest BCUT2D eigenvalue weighted by molar-refractivity contribution is 0.0743. The Bertz CT molecular complexity index is 867. The largest absolute Gasteiger partial charge is 0.336 e. The number of imidazole rings is 1. The summed E-state index contributed by atoms with van der Waals surface area (Å²) in [5.41, 5.74) is 2.47. The molecule has 1 aromatic carbocycles. The number of hydrogen-bond donors (Lipinski definition) is 0. The number of nitrogens with zero attached hydrogens (tertiary/aromatic N) is 4. The molecule has 2 amide bonds. The van der Waals surface area contributed by atoms with E-state index in [9.17, 15) is 9.59 Å². The van der Waals surface area contributed by atoms with Gasteiger partial charge >= 0.3 is 0 Å². The lowest BCUT2D eigenvalue weighted by Crippen LogP contribution is -2.34. The highest BCUT2D eigenvalue weighted by Gasteiger charge is 2.31. The fourth-order valence-corrected chi connectivity index (χ4v) is 4.40. The van der Waals surface area contributed by atoms with Crippen LogP contribution in [-0.4, -0.2) is 51.3 Å². The van der Waals surface area contributed by atoms with E-state index in [-0.39, 0.29) is 11.8 Å². The summed E-state index contributed by atoms with van der Waals surface area (Å²) >= 11 is 0. The zero-order valence-electron chi connectivity index (χ0n) is 17.3. The first-order valence-corrected chi connectivity index (χ1v) is 10.8. The van der Waals surface area contributed by atoms with Crippen molar-refractivity contribution in [3.8, 4) is 0 Å². The third kappa shape index (κ3) is 4.21. The topological polar surface area (TPSA) is 58.4 Å². The first-order valence-electron chi connectivity index (χ1n) is 10.8. The highest BCUT2D eigenvalue weighted by atomic mass is 16.2. The molecule has 0 N–H and O–H groups in total. The second kappa shape index (κ2) is 8.80. The van der Waals surface area contributed by atoms with E-state index in [4.69, 9.17) is 0 Å². The van der Waals surface area contributed by atoms with Crippen LogP contribution in [-0.2, 0) is 19.5 Å². The van der Waals surface area contributed by atoms with Crippen molar-refractivity contribution in [3.63, 3.8) is 0 Å². The molecule has 2 aliphatic heterocycles. The van der Waals surface area contributed by atoms with E-state index in [1.807, 2.05) is 39.8 Å². The minimum absolute atomic E-state index is 0.0141. The molecule has 29 heavy (non-hydrogen) atoms. The Balaban J connectivity index is 1.60. The van der Waals surface area contributed by atoms with Gasteiger partial charge in [-0.25, -0.2) is 4.98 Å². The van der Waals surface area contributed by atoms with E-state index >= 15 is 0 Å². The molecule has 0 radical (unpaired) electrons. The molecule has 154 valence electrons. The van der Waals surface area contributed by atoms with Gasteiger partial charge in [0.2, 0.25) is 0 Å². The quantitative estimate of drug-likeness (QED) is 0.797. The molecule has 2 aromatic rings. The Labute approximate surface area is 172 Å². The molecule has 6 heteroatoms. The number of aromatic nitrogens is 2. The Morgan fingerprint density at radius 2 is 1.66 bits per heavy atom. The van der Waals surface area contributed by atoms with Gasteiger partial charge in [-0.05, 0) is 37.7 Å². The number of carbonyl (C=O) groups excluding carboxylic acids is 2. The number of carbonyl (C=O) groups is 2. The van der Waals surface area contributed by atoms with Gasteiger partial charge in [0.15, 0.2) is 5.82 Å². The van der Waals surface area contributed by atoms with Crippen LogP contribution in [0, 0.1) is 0 Å². The van der Waals surface area contributed by atoms with Gasteiger partial charge in [0.05, 0.1) is 5.69 Å². The highest BCUT2D eigenvalue weighted by Crippen LogP contribution is 2.24. The number of hydrogen-bond acceptors (Lipinski definition) is 3. The standard InChI is InChI=1S/C23H30N4O2/c1-25(17-18-11-5-4-6-12-18)22(28)20-19-13-7-10-16-27(19)21(24-20)23(29)26-14-8-2-3-9-15-26/h4-6,11-12H,2-3,7-10,13-17H2,1H3. The monoisotopic (exact) mass is 394 g/mol. The smallest absolute Gasteiger partial charge is 0.289 e. The van der Waals surface area contributed by atoms with Crippen LogP contribution < -0.4 is 0 Å². The molecule has 0 spiro atoms. The van der Waals surface area contributed by atoms with E-state index in [1.165, 1.54) is 12.8 Å². The maximum atomic E-state index is 13.2. The average molecular weight is 395 g/mol. The predicted octanol–water partition coefficient (Wildman–Crippen LogP) is 3.51. The SMILES string of the molecule is CN(Cc1ccccc1)C(=O)c1nc(C(=O)N2CCCCCC2)n2c1CCCC2. The van der Waals surface area contributed by atoms with Crippen LogP contribution in [0.3, 0.4) is 0 Å². The summed E-state index contributed by atoms with van der Waals surface area (Å²) < 4.78 is 2.01. The molecule has 0 bridgehead atoms. The average Bonchev–Trinajstić information content (AvgIpc) is 2.93. The van der Waals surface area contributed by atoms with Crippen molar-refractivity contribution >= 4 is 11.8 Å². The molecule has 0 aliphatic carbocycles. The van der Waals surface area contributed by atoms with Gasteiger partial charge in [-0.2, -0.15) is 0 Å². The Hall–Kier alpha value is -2.63. The lowest BCUT2D eigenvalue weighted by atomic mass is 10.1. The third-order valence-electron chi connectivity index (χ3n) is 6.01. The van der Waals surface area contributed by atoms with Crippen molar-refractivity contribution in [1.82, 2.24) is 19.4 Å². The van der Waals surface area contributed by atoms with Gasteiger partial charge in [-0.15, -0.1) is 0 Å². The fraction of sp³-hybridized carbons (Fsp3) is 0.522. The van der Waals surface area contributed by atoms with Gasteiger partial charge in [0, 0.05) is 33.2 Å². The van der Waals surface area contributed by atoms with Crippen LogP contribution in [0.4, 0.5) is 0 Å². The number of rotatable bonds is 4. The summed E-state index contributed by atoms with van der Waals surface area (Å²) in [6, 6.07) is 9.95. The predicted molar refractivity (Wildman–Crippen MR) is 112 cm³/mol. The van der Waals surface area contributed by atoms with Gasteiger partial charge < -0.3 is 14.4 Å². The summed E-state index contributed by atoms with van der Waals surface area (Å²) in [5.74, 6) is 0.340. The minimum Gasteiger partial charge on any atom is -0.336 e. The van der Waals surface area contributed by atoms with Crippen LogP contribution >= 0.6 is 0 Å². The van der Waals surface area contributed by atoms with E-state index in [1.54, 1.807) is 11.9 Å². The van der Waals surface area contributed by atoms with Crippen LogP contribution in [0.1, 0.15) is 70.9 Å². The van der Waals surface area contributed by atoms with E-state index in [0.29, 0.717) is 18.1 Å². The van der Waals surface area contributed by atoms with Crippen molar-refractivity contribution in [1.29, 1.82) is 0 Å². The first kappa shape index (κ1) is 19.7. The normalized spacial score (nSPS) is 16.8. The van der Waals surface area contributed by atoms with Gasteiger partial charge in [-0.3, -0.25) is 9.59 Å². The van der Waals surface area contributed by atoms with Gasteiger partial charge in [0.1, 0.15) is 5.69 Å². The molecule has 1 aromatic heterocycles. The van der Waals surface area contributed by atoms with Crippen molar-refractivity contribution < 1.29 is 9.59 Å². The summed E-state index contributed by atoms with van der Waals surface area (Å²) in [6.45, 7) is 2.88. The van der Waals surface area contributed by atoms with Crippen molar-refractivity contribution in [2.24, 2.45) is 0 Å². The summed E-state index contributed by atoms with van der Waals surface area (Å²) in [6.07, 6.45) is 7.31. The van der Waals surface area contributed by atoms with Crippen molar-refractivity contribution in [3.05, 3.63) is 53.1 Å². The molecular weight excluding hydrogens is 364 g/mol. The van der Waals surface area contributed by atoms with Crippen LogP contribution in [0.15, 0.2) is 30.3 Å². The maximum absolute atomic E-state index is 13.2. The molecule has 1 saturated heterocycles. The van der Waals surface area contributed by atoms with E-state index in [0.717, 1.165) is 63.0 Å². The van der Waals surface area contributed by atoms with Gasteiger partial charge in [0.25, 0.3) is 11.8 Å². The zero-order valence-corrected chi connectivity index (χ0v) is 17.3. The molecule has 0 atom stereocenters. The molecule has 4 rings (SSSR count). The van der Waals surface area contributed by atoms with Gasteiger partial charge in [-0.1, -0.05) is 43.2 Å². The van der Waals surface area contributed by atoms with Crippen molar-refractivity contribution in [2.45, 2.75) is 58.0 Å². The lowest BCUT2D eigenvalue weighted by Gasteiger charge is -2.22. The molecule has 0 saturated carbocycles. The Morgan fingerprint density at radius 1 is 0.966 bits per heavy atom. The molecule has 2 aliphatic rings. The molecule has 0 unspecified atom stereocenters. The number of likely N-dealkylation sites (tertiary alicyclic amines) is 1. The molecule has 3 heterocycles. The maximum Gasteiger partial charge on any atom is 0.289 e. The van der Waals surface area contributed by atoms with E-state index in [2.05, 4.69) is 4.98 Å². The summed E-state index contributed by atoms with van der Waals surface area (Å²) in [5, 5.41) is 0. The van der Waals surface area contributed by atoms with Crippen LogP contribution in [0.2, 0.25) is 0 Å². The zero-order chi connectivity index (χ0) is 20.2. The Morgan fingerprint density at radius 3 is 2.38 bits per heavy atom. The number of amides is 2. The Kier molecular flexibility index (Phi) is 5.97. The highest BCUT2D eigenvalue weighted by molar-refractivity contribution is 5.97. The minimum atomic E-state index is -0.102. The molecular formula is C23H30N4O2. The second-order valence-electron chi connectivity index (χ2n) is 8.19. The van der Waals surface area contributed by atoms with Crippen molar-refractivity contribution in [2.75, 3.05) is 20.1 Å². The van der Waals surface area contributed by atoms with Crippen LogP contribution in [0.5, 0.6) is 0 Å². The molecule has 1 fully saturated rings. The number of fused-ring (bicyclic) bond motifs is 1. The fourth-order valence-electron chi connectivity index (χ4n) is 4.40. The third-order valence-corrected chi connectivity index (χ3v) is 6.01. The summed E-state index contributed by atoms with van der Waals surface area (Å²) in [7, 11) is 1.81. The summed E-state index contributed by atoms with van der Waals surface area (Å²) in [4.78, 5) is 34.7.